The topological polar surface area (TPSA) is 119 Å². The van der Waals surface area contributed by atoms with Crippen LogP contribution in [-0.2, 0) is 9.53 Å². The lowest BCUT2D eigenvalue weighted by molar-refractivity contribution is -0.384. The molecule has 24 heavy (non-hydrogen) atoms. The molecular weight excluding hydrogens is 354 g/mol. The van der Waals surface area contributed by atoms with E-state index in [4.69, 9.17) is 4.74 Å². The molecule has 0 aliphatic heterocycles. The zero-order chi connectivity index (χ0) is 17.4. The highest BCUT2D eigenvalue weighted by atomic mass is 32.2. The van der Waals surface area contributed by atoms with E-state index < -0.39 is 4.92 Å². The van der Waals surface area contributed by atoms with Crippen LogP contribution in [0.25, 0.3) is 0 Å². The van der Waals surface area contributed by atoms with Crippen LogP contribution in [0.3, 0.4) is 0 Å². The lowest BCUT2D eigenvalue weighted by Gasteiger charge is -2.03. The minimum absolute atomic E-state index is 0.0234. The standard InChI is InChI=1S/C13H15N5O4S2/c1-22-7-6-14-12-16-17-13(24-12)23-8-11(19)15-9-2-4-10(5-3-9)18(20)21/h2-5H,6-8H2,1H3,(H,14,16)(H,15,19). The molecule has 2 rings (SSSR count). The van der Waals surface area contributed by atoms with Gasteiger partial charge in [0.05, 0.1) is 17.3 Å². The number of carbonyl (C=O) groups excluding carboxylic acids is 1. The Morgan fingerprint density at radius 3 is 2.79 bits per heavy atom. The van der Waals surface area contributed by atoms with E-state index >= 15 is 0 Å². The van der Waals surface area contributed by atoms with Crippen LogP contribution < -0.4 is 10.6 Å². The summed E-state index contributed by atoms with van der Waals surface area (Å²) in [7, 11) is 1.62. The van der Waals surface area contributed by atoms with Gasteiger partial charge in [-0.25, -0.2) is 0 Å². The maximum absolute atomic E-state index is 11.9. The molecule has 128 valence electrons. The molecule has 1 aromatic heterocycles. The van der Waals surface area contributed by atoms with Gasteiger partial charge in [0.15, 0.2) is 4.34 Å². The summed E-state index contributed by atoms with van der Waals surface area (Å²) in [6.07, 6.45) is 0. The smallest absolute Gasteiger partial charge is 0.269 e. The van der Waals surface area contributed by atoms with Gasteiger partial charge in [0.2, 0.25) is 11.0 Å². The fraction of sp³-hybridized carbons (Fsp3) is 0.308. The van der Waals surface area contributed by atoms with Crippen molar-refractivity contribution in [1.29, 1.82) is 0 Å². The molecule has 0 saturated heterocycles. The number of amides is 1. The first-order valence-corrected chi connectivity index (χ1v) is 8.62. The van der Waals surface area contributed by atoms with E-state index in [-0.39, 0.29) is 17.3 Å². The maximum Gasteiger partial charge on any atom is 0.269 e. The first-order chi connectivity index (χ1) is 11.6. The Hall–Kier alpha value is -2.24. The van der Waals surface area contributed by atoms with Crippen molar-refractivity contribution in [1.82, 2.24) is 10.2 Å². The zero-order valence-electron chi connectivity index (χ0n) is 12.7. The third-order valence-corrected chi connectivity index (χ3v) is 4.69. The minimum atomic E-state index is -0.491. The molecule has 0 radical (unpaired) electrons. The van der Waals surface area contributed by atoms with Gasteiger partial charge in [-0.3, -0.25) is 14.9 Å². The number of benzene rings is 1. The lowest BCUT2D eigenvalue weighted by atomic mass is 10.3. The summed E-state index contributed by atoms with van der Waals surface area (Å²) >= 11 is 2.63. The number of aromatic nitrogens is 2. The Balaban J connectivity index is 1.77. The molecule has 11 heteroatoms. The van der Waals surface area contributed by atoms with Crippen LogP contribution in [0.5, 0.6) is 0 Å². The Bertz CT molecular complexity index is 692. The second kappa shape index (κ2) is 9.15. The Kier molecular flexibility index (Phi) is 6.90. The first-order valence-electron chi connectivity index (χ1n) is 6.82. The second-order valence-corrected chi connectivity index (χ2v) is 6.63. The number of hydrogen-bond donors (Lipinski definition) is 2. The summed E-state index contributed by atoms with van der Waals surface area (Å²) in [6.45, 7) is 1.20. The number of anilines is 2. The van der Waals surface area contributed by atoms with Crippen LogP contribution >= 0.6 is 23.1 Å². The number of nitrogens with zero attached hydrogens (tertiary/aromatic N) is 3. The van der Waals surface area contributed by atoms with E-state index in [9.17, 15) is 14.9 Å². The van der Waals surface area contributed by atoms with Crippen LogP contribution in [0.4, 0.5) is 16.5 Å². The van der Waals surface area contributed by atoms with Gasteiger partial charge in [-0.2, -0.15) is 0 Å². The average molecular weight is 369 g/mol. The van der Waals surface area contributed by atoms with E-state index in [2.05, 4.69) is 20.8 Å². The molecule has 0 fully saturated rings. The van der Waals surface area contributed by atoms with E-state index in [1.54, 1.807) is 7.11 Å². The van der Waals surface area contributed by atoms with Gasteiger partial charge in [0.25, 0.3) is 5.69 Å². The van der Waals surface area contributed by atoms with Crippen LogP contribution in [0.2, 0.25) is 0 Å². The Morgan fingerprint density at radius 1 is 1.38 bits per heavy atom. The number of nitro groups is 1. The van der Waals surface area contributed by atoms with Gasteiger partial charge < -0.3 is 15.4 Å². The van der Waals surface area contributed by atoms with E-state index in [0.29, 0.717) is 28.3 Å². The van der Waals surface area contributed by atoms with Crippen molar-refractivity contribution < 1.29 is 14.5 Å². The Morgan fingerprint density at radius 2 is 2.12 bits per heavy atom. The summed E-state index contributed by atoms with van der Waals surface area (Å²) < 4.78 is 5.60. The minimum Gasteiger partial charge on any atom is -0.383 e. The fourth-order valence-electron chi connectivity index (χ4n) is 1.59. The van der Waals surface area contributed by atoms with Gasteiger partial charge in [0, 0.05) is 31.5 Å². The molecule has 0 atom stereocenters. The van der Waals surface area contributed by atoms with Gasteiger partial charge in [-0.05, 0) is 12.1 Å². The molecule has 0 saturated carbocycles. The maximum atomic E-state index is 11.9. The highest BCUT2D eigenvalue weighted by Gasteiger charge is 2.09. The molecule has 0 aliphatic carbocycles. The summed E-state index contributed by atoms with van der Waals surface area (Å²) in [6, 6.07) is 5.66. The summed E-state index contributed by atoms with van der Waals surface area (Å²) in [5.41, 5.74) is 0.482. The molecule has 1 heterocycles. The van der Waals surface area contributed by atoms with Crippen molar-refractivity contribution in [2.24, 2.45) is 0 Å². The molecule has 0 unspecified atom stereocenters. The number of ether oxygens (including phenoxy) is 1. The third kappa shape index (κ3) is 5.76. The van der Waals surface area contributed by atoms with Gasteiger partial charge in [-0.1, -0.05) is 23.1 Å². The number of carbonyl (C=O) groups is 1. The SMILES string of the molecule is COCCNc1nnc(SCC(=O)Nc2ccc([N+](=O)[O-])cc2)s1. The number of rotatable bonds is 9. The van der Waals surface area contributed by atoms with Gasteiger partial charge >= 0.3 is 0 Å². The van der Waals surface area contributed by atoms with Crippen LogP contribution in [0.1, 0.15) is 0 Å². The molecular formula is C13H15N5O4S2. The quantitative estimate of drug-likeness (QED) is 0.299. The molecule has 2 aromatic rings. The van der Waals surface area contributed by atoms with Crippen molar-refractivity contribution in [2.45, 2.75) is 4.34 Å². The summed E-state index contributed by atoms with van der Waals surface area (Å²) in [5.74, 6) is -0.0538. The van der Waals surface area contributed by atoms with Crippen LogP contribution in [-0.4, -0.2) is 47.0 Å². The predicted molar refractivity (Wildman–Crippen MR) is 92.7 cm³/mol. The highest BCUT2D eigenvalue weighted by Crippen LogP contribution is 2.25. The fourth-order valence-corrected chi connectivity index (χ4v) is 3.17. The normalized spacial score (nSPS) is 10.4. The van der Waals surface area contributed by atoms with Crippen molar-refractivity contribution in [3.05, 3.63) is 34.4 Å². The highest BCUT2D eigenvalue weighted by molar-refractivity contribution is 8.01. The van der Waals surface area contributed by atoms with Crippen molar-refractivity contribution >= 4 is 45.5 Å². The molecule has 9 nitrogen and oxygen atoms in total. The molecule has 1 amide bonds. The van der Waals surface area contributed by atoms with Crippen molar-refractivity contribution in [3.63, 3.8) is 0 Å². The third-order valence-electron chi connectivity index (χ3n) is 2.68. The molecule has 1 aromatic carbocycles. The Labute approximate surface area is 146 Å². The number of nitro benzene ring substituents is 1. The average Bonchev–Trinajstić information content (AvgIpc) is 3.02. The van der Waals surface area contributed by atoms with E-state index in [1.165, 1.54) is 47.4 Å². The number of methoxy groups -OCH3 is 1. The van der Waals surface area contributed by atoms with E-state index in [0.717, 1.165) is 0 Å². The predicted octanol–water partition coefficient (Wildman–Crippen LogP) is 2.24. The van der Waals surface area contributed by atoms with Gasteiger partial charge in [0.1, 0.15) is 0 Å². The number of hydrogen-bond acceptors (Lipinski definition) is 9. The van der Waals surface area contributed by atoms with Crippen LogP contribution in [0.15, 0.2) is 28.6 Å². The molecule has 0 spiro atoms. The van der Waals surface area contributed by atoms with Crippen molar-refractivity contribution in [2.75, 3.05) is 36.6 Å². The molecule has 2 N–H and O–H groups in total. The van der Waals surface area contributed by atoms with Crippen LogP contribution in [0, 0.1) is 10.1 Å². The van der Waals surface area contributed by atoms with E-state index in [1.807, 2.05) is 0 Å². The summed E-state index contributed by atoms with van der Waals surface area (Å²) in [5, 5.41) is 24.9. The van der Waals surface area contributed by atoms with Gasteiger partial charge in [-0.15, -0.1) is 10.2 Å². The number of nitrogens with one attached hydrogen (secondary N) is 2. The number of non-ortho nitro benzene ring substituents is 1. The zero-order valence-corrected chi connectivity index (χ0v) is 14.4. The second-order valence-electron chi connectivity index (χ2n) is 4.43. The largest absolute Gasteiger partial charge is 0.383 e. The van der Waals surface area contributed by atoms with Crippen molar-refractivity contribution in [3.8, 4) is 0 Å². The number of thioether (sulfide) groups is 1. The first kappa shape index (κ1) is 18.1. The molecule has 0 bridgehead atoms. The summed E-state index contributed by atoms with van der Waals surface area (Å²) in [4.78, 5) is 22.0. The lowest BCUT2D eigenvalue weighted by Crippen LogP contribution is -2.13. The monoisotopic (exact) mass is 369 g/mol. The molecule has 0 aliphatic rings.